The van der Waals surface area contributed by atoms with Gasteiger partial charge in [0.05, 0.1) is 26.4 Å². The highest BCUT2D eigenvalue weighted by atomic mass is 32.1. The summed E-state index contributed by atoms with van der Waals surface area (Å²) in [6.45, 7) is 2.73. The number of ether oxygens (including phenoxy) is 3. The van der Waals surface area contributed by atoms with E-state index in [1.54, 1.807) is 21.1 Å². The first-order valence-electron chi connectivity index (χ1n) is 10.6. The molecular formula is C25H28N2O4S2. The maximum atomic E-state index is 12.5. The summed E-state index contributed by atoms with van der Waals surface area (Å²) < 4.78 is 15.9. The highest BCUT2D eigenvalue weighted by Gasteiger charge is 2.18. The first-order valence-corrected chi connectivity index (χ1v) is 11.9. The van der Waals surface area contributed by atoms with Crippen LogP contribution in [0.5, 0.6) is 11.5 Å². The Morgan fingerprint density at radius 2 is 1.76 bits per heavy atom. The van der Waals surface area contributed by atoms with E-state index in [2.05, 4.69) is 22.8 Å². The van der Waals surface area contributed by atoms with Crippen LogP contribution in [-0.4, -0.2) is 38.5 Å². The van der Waals surface area contributed by atoms with Gasteiger partial charge in [0.1, 0.15) is 5.00 Å². The van der Waals surface area contributed by atoms with Gasteiger partial charge in [-0.15, -0.1) is 11.3 Å². The van der Waals surface area contributed by atoms with Crippen molar-refractivity contribution in [3.63, 3.8) is 0 Å². The van der Waals surface area contributed by atoms with Crippen molar-refractivity contribution in [2.24, 2.45) is 0 Å². The molecule has 6 nitrogen and oxygen atoms in total. The molecule has 0 spiro atoms. The second-order valence-electron chi connectivity index (χ2n) is 7.16. The largest absolute Gasteiger partial charge is 0.493 e. The smallest absolute Gasteiger partial charge is 0.341 e. The molecule has 3 rings (SSSR count). The molecule has 0 aliphatic rings. The third-order valence-corrected chi connectivity index (χ3v) is 6.17. The summed E-state index contributed by atoms with van der Waals surface area (Å²) in [5.74, 6) is 1.03. The number of esters is 1. The number of methoxy groups -OCH3 is 2. The first kappa shape index (κ1) is 24.5. The van der Waals surface area contributed by atoms with Crippen molar-refractivity contribution in [2.45, 2.75) is 19.8 Å². The van der Waals surface area contributed by atoms with Crippen molar-refractivity contribution < 1.29 is 19.0 Å². The molecule has 0 fully saturated rings. The Morgan fingerprint density at radius 1 is 1.00 bits per heavy atom. The summed E-state index contributed by atoms with van der Waals surface area (Å²) in [5.41, 5.74) is 2.77. The summed E-state index contributed by atoms with van der Waals surface area (Å²) in [4.78, 5) is 13.5. The van der Waals surface area contributed by atoms with Gasteiger partial charge in [0.2, 0.25) is 0 Å². The molecule has 0 aliphatic carbocycles. The molecule has 0 saturated carbocycles. The number of thiocarbonyl (C=S) groups is 1. The number of thiophene rings is 1. The molecule has 1 aromatic heterocycles. The summed E-state index contributed by atoms with van der Waals surface area (Å²) >= 11 is 6.98. The highest BCUT2D eigenvalue weighted by Crippen LogP contribution is 2.31. The normalized spacial score (nSPS) is 10.4. The van der Waals surface area contributed by atoms with Gasteiger partial charge in [-0.3, -0.25) is 0 Å². The summed E-state index contributed by atoms with van der Waals surface area (Å²) in [5, 5.41) is 7.52. The Hall–Kier alpha value is -3.10. The van der Waals surface area contributed by atoms with Crippen molar-refractivity contribution in [3.8, 4) is 11.5 Å². The Labute approximate surface area is 203 Å². The van der Waals surface area contributed by atoms with Gasteiger partial charge in [-0.05, 0) is 54.9 Å². The number of anilines is 1. The van der Waals surface area contributed by atoms with E-state index in [9.17, 15) is 4.79 Å². The molecule has 0 bridgehead atoms. The van der Waals surface area contributed by atoms with Crippen molar-refractivity contribution in [2.75, 3.05) is 32.7 Å². The highest BCUT2D eigenvalue weighted by molar-refractivity contribution is 7.80. The summed E-state index contributed by atoms with van der Waals surface area (Å²) in [6.07, 6.45) is 1.48. The van der Waals surface area contributed by atoms with Crippen molar-refractivity contribution in [1.29, 1.82) is 0 Å². The lowest BCUT2D eigenvalue weighted by molar-refractivity contribution is 0.0528. The van der Waals surface area contributed by atoms with Crippen LogP contribution < -0.4 is 20.1 Å². The van der Waals surface area contributed by atoms with E-state index in [0.29, 0.717) is 40.3 Å². The Morgan fingerprint density at radius 3 is 2.45 bits per heavy atom. The van der Waals surface area contributed by atoms with Crippen LogP contribution in [0.1, 0.15) is 33.3 Å². The van der Waals surface area contributed by atoms with E-state index >= 15 is 0 Å². The van der Waals surface area contributed by atoms with Gasteiger partial charge in [0, 0.05) is 17.8 Å². The molecule has 3 aromatic rings. The molecule has 2 aromatic carbocycles. The molecule has 0 saturated heterocycles. The summed E-state index contributed by atoms with van der Waals surface area (Å²) in [7, 11) is 3.23. The molecule has 8 heteroatoms. The van der Waals surface area contributed by atoms with E-state index in [1.807, 2.05) is 42.5 Å². The zero-order valence-corrected chi connectivity index (χ0v) is 20.6. The lowest BCUT2D eigenvalue weighted by Gasteiger charge is -2.12. The lowest BCUT2D eigenvalue weighted by atomic mass is 10.1. The Kier molecular flexibility index (Phi) is 9.09. The van der Waals surface area contributed by atoms with Gasteiger partial charge < -0.3 is 24.8 Å². The number of benzene rings is 2. The molecule has 0 aliphatic heterocycles. The van der Waals surface area contributed by atoms with Crippen molar-refractivity contribution in [1.82, 2.24) is 5.32 Å². The minimum absolute atomic E-state index is 0.316. The monoisotopic (exact) mass is 484 g/mol. The van der Waals surface area contributed by atoms with Crippen LogP contribution >= 0.6 is 23.6 Å². The van der Waals surface area contributed by atoms with E-state index in [-0.39, 0.29) is 5.97 Å². The SMILES string of the molecule is CCOC(=O)c1cc(Cc2ccccc2)sc1NC(=S)NCCc1ccc(OC)c(OC)c1. The van der Waals surface area contributed by atoms with Crippen LogP contribution in [0.2, 0.25) is 0 Å². The zero-order chi connectivity index (χ0) is 23.6. The van der Waals surface area contributed by atoms with E-state index in [1.165, 1.54) is 16.9 Å². The van der Waals surface area contributed by atoms with Gasteiger partial charge >= 0.3 is 5.97 Å². The second kappa shape index (κ2) is 12.2. The predicted octanol–water partition coefficient (Wildman–Crippen LogP) is 5.06. The molecule has 1 heterocycles. The van der Waals surface area contributed by atoms with Gasteiger partial charge in [-0.25, -0.2) is 4.79 Å². The fraction of sp³-hybridized carbons (Fsp3) is 0.280. The average Bonchev–Trinajstić information content (AvgIpc) is 3.21. The van der Waals surface area contributed by atoms with Gasteiger partial charge in [0.25, 0.3) is 0 Å². The van der Waals surface area contributed by atoms with E-state index < -0.39 is 0 Å². The quantitative estimate of drug-likeness (QED) is 0.308. The second-order valence-corrected chi connectivity index (χ2v) is 8.70. The van der Waals surface area contributed by atoms with Crippen LogP contribution in [0.25, 0.3) is 0 Å². The number of hydrogen-bond acceptors (Lipinski definition) is 6. The predicted molar refractivity (Wildman–Crippen MR) is 137 cm³/mol. The molecule has 0 amide bonds. The van der Waals surface area contributed by atoms with Crippen LogP contribution in [0.15, 0.2) is 54.6 Å². The van der Waals surface area contributed by atoms with Gasteiger partial charge in [-0.1, -0.05) is 36.4 Å². The number of hydrogen-bond donors (Lipinski definition) is 2. The topological polar surface area (TPSA) is 68.8 Å². The Bertz CT molecular complexity index is 1080. The van der Waals surface area contributed by atoms with Gasteiger partial charge in [-0.2, -0.15) is 0 Å². The zero-order valence-electron chi connectivity index (χ0n) is 19.0. The maximum absolute atomic E-state index is 12.5. The number of carbonyl (C=O) groups is 1. The molecule has 33 heavy (non-hydrogen) atoms. The molecule has 0 radical (unpaired) electrons. The molecule has 2 N–H and O–H groups in total. The Balaban J connectivity index is 1.63. The maximum Gasteiger partial charge on any atom is 0.341 e. The standard InChI is InChI=1S/C25H28N2O4S2/c1-4-31-24(28)20-16-19(14-17-8-6-5-7-9-17)33-23(20)27-25(32)26-13-12-18-10-11-21(29-2)22(15-18)30-3/h5-11,15-16H,4,12-14H2,1-3H3,(H2,26,27,32). The number of nitrogens with one attached hydrogen (secondary N) is 2. The fourth-order valence-corrected chi connectivity index (χ4v) is 4.64. The van der Waals surface area contributed by atoms with Crippen molar-refractivity contribution >= 4 is 39.6 Å². The fourth-order valence-electron chi connectivity index (χ4n) is 3.28. The molecule has 174 valence electrons. The minimum Gasteiger partial charge on any atom is -0.493 e. The van der Waals surface area contributed by atoms with Crippen molar-refractivity contribution in [3.05, 3.63) is 76.2 Å². The molecular weight excluding hydrogens is 456 g/mol. The van der Waals surface area contributed by atoms with Crippen LogP contribution in [-0.2, 0) is 17.6 Å². The number of rotatable bonds is 10. The number of carbonyl (C=O) groups excluding carboxylic acids is 1. The first-order chi connectivity index (χ1) is 16.0. The molecule has 0 atom stereocenters. The lowest BCUT2D eigenvalue weighted by Crippen LogP contribution is -2.30. The van der Waals surface area contributed by atoms with Crippen LogP contribution in [0, 0.1) is 0 Å². The van der Waals surface area contributed by atoms with E-state index in [0.717, 1.165) is 23.3 Å². The van der Waals surface area contributed by atoms with Gasteiger partial charge in [0.15, 0.2) is 16.6 Å². The molecule has 0 unspecified atom stereocenters. The van der Waals surface area contributed by atoms with Crippen LogP contribution in [0.4, 0.5) is 5.00 Å². The third kappa shape index (κ3) is 6.94. The third-order valence-electron chi connectivity index (χ3n) is 4.87. The van der Waals surface area contributed by atoms with Crippen LogP contribution in [0.3, 0.4) is 0 Å². The average molecular weight is 485 g/mol. The summed E-state index contributed by atoms with van der Waals surface area (Å²) in [6, 6.07) is 17.8. The minimum atomic E-state index is -0.358. The van der Waals surface area contributed by atoms with E-state index in [4.69, 9.17) is 26.4 Å².